The zero-order valence-electron chi connectivity index (χ0n) is 18.9. The molecule has 11 heteroatoms. The average molecular weight is 531 g/mol. The quantitative estimate of drug-likeness (QED) is 0.340. The Morgan fingerprint density at radius 1 is 1.08 bits per heavy atom. The molecule has 0 bridgehead atoms. The number of nitrogens with one attached hydrogen (secondary N) is 2. The molecule has 7 nitrogen and oxygen atoms in total. The highest BCUT2D eigenvalue weighted by atomic mass is 32.2. The van der Waals surface area contributed by atoms with E-state index in [-0.39, 0.29) is 17.3 Å². The zero-order valence-corrected chi connectivity index (χ0v) is 20.5. The first-order chi connectivity index (χ1) is 17.2. The van der Waals surface area contributed by atoms with Crippen LogP contribution in [0.3, 0.4) is 0 Å². The highest BCUT2D eigenvalue weighted by Crippen LogP contribution is 2.40. The fourth-order valence-electron chi connectivity index (χ4n) is 3.37. The number of thioether (sulfide) groups is 1. The number of benzene rings is 3. The number of halogens is 2. The van der Waals surface area contributed by atoms with Gasteiger partial charge in [0.15, 0.2) is 9.84 Å². The number of hydrogen-bond donors (Lipinski definition) is 2. The number of methoxy groups -OCH3 is 1. The maximum Gasteiger partial charge on any atom is 0.325 e. The Hall–Kier alpha value is -3.70. The summed E-state index contributed by atoms with van der Waals surface area (Å²) in [5.74, 6) is -3.47. The van der Waals surface area contributed by atoms with Gasteiger partial charge in [-0.1, -0.05) is 30.0 Å². The molecule has 0 fully saturated rings. The number of anilines is 2. The van der Waals surface area contributed by atoms with Gasteiger partial charge in [0.1, 0.15) is 18.2 Å². The molecule has 0 unspecified atom stereocenters. The first-order valence-corrected chi connectivity index (χ1v) is 13.0. The molecular weight excluding hydrogens is 510 g/mol. The molecule has 0 radical (unpaired) electrons. The molecule has 2 N–H and O–H groups in total. The van der Waals surface area contributed by atoms with Gasteiger partial charge in [-0.2, -0.15) is 0 Å². The first-order valence-electron chi connectivity index (χ1n) is 10.6. The Morgan fingerprint density at radius 2 is 1.78 bits per heavy atom. The van der Waals surface area contributed by atoms with E-state index in [1.54, 1.807) is 30.3 Å². The van der Waals surface area contributed by atoms with Crippen molar-refractivity contribution in [3.05, 3.63) is 88.3 Å². The van der Waals surface area contributed by atoms with Crippen LogP contribution >= 0.6 is 11.8 Å². The average Bonchev–Trinajstić information content (AvgIpc) is 2.86. The van der Waals surface area contributed by atoms with Crippen LogP contribution in [0, 0.1) is 11.6 Å². The van der Waals surface area contributed by atoms with E-state index in [4.69, 9.17) is 0 Å². The molecule has 0 aromatic heterocycles. The van der Waals surface area contributed by atoms with Crippen LogP contribution < -0.4 is 10.6 Å². The van der Waals surface area contributed by atoms with Crippen molar-refractivity contribution in [1.29, 1.82) is 0 Å². The molecule has 1 aliphatic rings. The van der Waals surface area contributed by atoms with E-state index in [0.717, 1.165) is 23.9 Å². The third-order valence-corrected chi connectivity index (χ3v) is 7.99. The Bertz CT molecular complexity index is 1450. The smallest absolute Gasteiger partial charge is 0.325 e. The molecule has 36 heavy (non-hydrogen) atoms. The van der Waals surface area contributed by atoms with Crippen molar-refractivity contribution in [2.75, 3.05) is 24.3 Å². The SMILES string of the molecule is COC(=O)CNc1ccc(/C=C2/Sc3cc(S(=O)(=O)Cc4c(F)cccc4F)ccc3NC2=O)cc1. The molecule has 0 spiro atoms. The summed E-state index contributed by atoms with van der Waals surface area (Å²) in [7, 11) is -2.77. The van der Waals surface area contributed by atoms with Crippen LogP contribution in [0.5, 0.6) is 0 Å². The molecule has 0 saturated heterocycles. The van der Waals surface area contributed by atoms with Gasteiger partial charge >= 0.3 is 5.97 Å². The lowest BCUT2D eigenvalue weighted by Crippen LogP contribution is -2.18. The van der Waals surface area contributed by atoms with Crippen molar-refractivity contribution in [1.82, 2.24) is 0 Å². The molecule has 3 aromatic rings. The summed E-state index contributed by atoms with van der Waals surface area (Å²) >= 11 is 1.08. The minimum atomic E-state index is -4.07. The monoisotopic (exact) mass is 530 g/mol. The number of amides is 1. The lowest BCUT2D eigenvalue weighted by molar-refractivity contribution is -0.138. The summed E-state index contributed by atoms with van der Waals surface area (Å²) in [5, 5.41) is 5.63. The lowest BCUT2D eigenvalue weighted by atomic mass is 10.2. The van der Waals surface area contributed by atoms with Gasteiger partial charge in [0.25, 0.3) is 5.91 Å². The minimum absolute atomic E-state index is 0.0147. The lowest BCUT2D eigenvalue weighted by Gasteiger charge is -2.19. The number of hydrogen-bond acceptors (Lipinski definition) is 7. The number of rotatable bonds is 7. The van der Waals surface area contributed by atoms with Crippen molar-refractivity contribution in [3.63, 3.8) is 0 Å². The number of sulfone groups is 1. The normalized spacial score (nSPS) is 14.2. The molecule has 4 rings (SSSR count). The fraction of sp³-hybridized carbons (Fsp3) is 0.120. The number of fused-ring (bicyclic) bond motifs is 1. The Labute approximate surface area is 210 Å². The summed E-state index contributed by atoms with van der Waals surface area (Å²) in [4.78, 5) is 24.5. The predicted molar refractivity (Wildman–Crippen MR) is 133 cm³/mol. The van der Waals surface area contributed by atoms with Crippen molar-refractivity contribution in [3.8, 4) is 0 Å². The zero-order chi connectivity index (χ0) is 25.9. The molecule has 3 aromatic carbocycles. The summed E-state index contributed by atoms with van der Waals surface area (Å²) in [6.07, 6.45) is 1.64. The van der Waals surface area contributed by atoms with E-state index in [0.29, 0.717) is 26.7 Å². The van der Waals surface area contributed by atoms with Gasteiger partial charge in [-0.05, 0) is 54.1 Å². The van der Waals surface area contributed by atoms with E-state index < -0.39 is 38.8 Å². The number of ether oxygens (including phenoxy) is 1. The van der Waals surface area contributed by atoms with Crippen LogP contribution in [0.4, 0.5) is 20.2 Å². The van der Waals surface area contributed by atoms with Crippen LogP contribution in [0.1, 0.15) is 11.1 Å². The van der Waals surface area contributed by atoms with E-state index in [2.05, 4.69) is 15.4 Å². The van der Waals surface area contributed by atoms with Crippen LogP contribution in [-0.2, 0) is 29.9 Å². The highest BCUT2D eigenvalue weighted by molar-refractivity contribution is 8.04. The Morgan fingerprint density at radius 3 is 2.44 bits per heavy atom. The summed E-state index contributed by atoms with van der Waals surface area (Å²) < 4.78 is 58.4. The van der Waals surface area contributed by atoms with Crippen molar-refractivity contribution >= 4 is 50.9 Å². The third-order valence-electron chi connectivity index (χ3n) is 5.27. The number of esters is 1. The molecule has 0 saturated carbocycles. The van der Waals surface area contributed by atoms with Crippen molar-refractivity contribution in [2.45, 2.75) is 15.5 Å². The van der Waals surface area contributed by atoms with Gasteiger partial charge in [0.05, 0.1) is 28.4 Å². The van der Waals surface area contributed by atoms with Gasteiger partial charge in [-0.25, -0.2) is 17.2 Å². The fourth-order valence-corrected chi connectivity index (χ4v) is 5.83. The van der Waals surface area contributed by atoms with Gasteiger partial charge in [-0.3, -0.25) is 9.59 Å². The summed E-state index contributed by atoms with van der Waals surface area (Å²) in [6, 6.07) is 14.3. The Balaban J connectivity index is 1.55. The maximum absolute atomic E-state index is 14.0. The van der Waals surface area contributed by atoms with E-state index >= 15 is 0 Å². The van der Waals surface area contributed by atoms with Gasteiger partial charge in [0, 0.05) is 16.1 Å². The highest BCUT2D eigenvalue weighted by Gasteiger charge is 2.25. The Kier molecular flexibility index (Phi) is 7.41. The molecule has 0 aliphatic carbocycles. The van der Waals surface area contributed by atoms with Crippen LogP contribution in [-0.4, -0.2) is 33.9 Å². The standard InChI is InChI=1S/C25H20F2N2O5S2/c1-34-24(30)13-28-16-7-5-15(6-8-16)11-23-25(31)29-21-10-9-17(12-22(21)35-23)36(32,33)14-18-19(26)3-2-4-20(18)27/h2-12,28H,13-14H2,1H3,(H,29,31)/b23-11+. The molecule has 186 valence electrons. The molecule has 1 aliphatic heterocycles. The van der Waals surface area contributed by atoms with Crippen LogP contribution in [0.15, 0.2) is 75.4 Å². The number of carbonyl (C=O) groups excluding carboxylic acids is 2. The second-order valence-corrected chi connectivity index (χ2v) is 10.8. The first kappa shape index (κ1) is 25.4. The molecule has 0 atom stereocenters. The van der Waals surface area contributed by atoms with Gasteiger partial charge in [0.2, 0.25) is 0 Å². The molecule has 1 heterocycles. The van der Waals surface area contributed by atoms with E-state index in [9.17, 15) is 26.8 Å². The molecular formula is C25H20F2N2O5S2. The van der Waals surface area contributed by atoms with Gasteiger partial charge in [-0.15, -0.1) is 0 Å². The van der Waals surface area contributed by atoms with Gasteiger partial charge < -0.3 is 15.4 Å². The summed E-state index contributed by atoms with van der Waals surface area (Å²) in [5.41, 5.74) is 1.30. The maximum atomic E-state index is 14.0. The second kappa shape index (κ2) is 10.5. The number of carbonyl (C=O) groups is 2. The largest absolute Gasteiger partial charge is 0.468 e. The minimum Gasteiger partial charge on any atom is -0.468 e. The van der Waals surface area contributed by atoms with E-state index in [1.165, 1.54) is 31.4 Å². The van der Waals surface area contributed by atoms with Crippen LogP contribution in [0.2, 0.25) is 0 Å². The van der Waals surface area contributed by atoms with Crippen molar-refractivity contribution < 1.29 is 31.5 Å². The topological polar surface area (TPSA) is 102 Å². The van der Waals surface area contributed by atoms with E-state index in [1.807, 2.05) is 0 Å². The second-order valence-electron chi connectivity index (χ2n) is 7.73. The predicted octanol–water partition coefficient (Wildman–Crippen LogP) is 4.61. The molecule has 1 amide bonds. The summed E-state index contributed by atoms with van der Waals surface area (Å²) in [6.45, 7) is 0.0147. The van der Waals surface area contributed by atoms with Crippen LogP contribution in [0.25, 0.3) is 6.08 Å². The van der Waals surface area contributed by atoms with Crippen molar-refractivity contribution in [2.24, 2.45) is 0 Å². The third kappa shape index (κ3) is 5.74.